The van der Waals surface area contributed by atoms with Gasteiger partial charge in [-0.15, -0.1) is 0 Å². The molecule has 1 heterocycles. The number of amides is 1. The number of rotatable bonds is 3. The van der Waals surface area contributed by atoms with E-state index in [-0.39, 0.29) is 17.8 Å². The molecule has 0 spiro atoms. The Balaban J connectivity index is 2.09. The molecule has 0 atom stereocenters. The van der Waals surface area contributed by atoms with Gasteiger partial charge < -0.3 is 5.32 Å². The van der Waals surface area contributed by atoms with E-state index in [9.17, 15) is 14.0 Å². The van der Waals surface area contributed by atoms with Gasteiger partial charge in [0.1, 0.15) is 12.4 Å². The van der Waals surface area contributed by atoms with Gasteiger partial charge in [-0.2, -0.15) is 5.10 Å². The van der Waals surface area contributed by atoms with E-state index in [2.05, 4.69) is 10.4 Å². The number of carbonyl (C=O) groups excluding carboxylic acids is 1. The summed E-state index contributed by atoms with van der Waals surface area (Å²) in [7, 11) is 0. The molecule has 2 rings (SSSR count). The fraction of sp³-hybridized carbons (Fsp3) is 0.0833. The predicted molar refractivity (Wildman–Crippen MR) is 63.5 cm³/mol. The normalized spacial score (nSPS) is 10.1. The Hall–Kier alpha value is -2.50. The Labute approximate surface area is 102 Å². The molecule has 0 aliphatic rings. The molecule has 1 amide bonds. The van der Waals surface area contributed by atoms with Crippen molar-refractivity contribution < 1.29 is 9.18 Å². The summed E-state index contributed by atoms with van der Waals surface area (Å²) in [5, 5.41) is 6.10. The highest BCUT2D eigenvalue weighted by Gasteiger charge is 2.07. The fourth-order valence-corrected chi connectivity index (χ4v) is 1.39. The smallest absolute Gasteiger partial charge is 0.267 e. The van der Waals surface area contributed by atoms with E-state index < -0.39 is 11.7 Å². The summed E-state index contributed by atoms with van der Waals surface area (Å²) < 4.78 is 14.3. The highest BCUT2D eigenvalue weighted by Crippen LogP contribution is 2.11. The van der Waals surface area contributed by atoms with Crippen molar-refractivity contribution in [3.8, 4) is 0 Å². The lowest BCUT2D eigenvalue weighted by Crippen LogP contribution is -2.28. The fourth-order valence-electron chi connectivity index (χ4n) is 1.39. The Morgan fingerprint density at radius 1 is 1.28 bits per heavy atom. The zero-order chi connectivity index (χ0) is 13.0. The maximum absolute atomic E-state index is 13.3. The van der Waals surface area contributed by atoms with Crippen LogP contribution in [0.2, 0.25) is 0 Å². The summed E-state index contributed by atoms with van der Waals surface area (Å²) in [5.41, 5.74) is -0.312. The molecule has 0 saturated heterocycles. The van der Waals surface area contributed by atoms with Gasteiger partial charge in [0.15, 0.2) is 0 Å². The third-order valence-corrected chi connectivity index (χ3v) is 2.23. The van der Waals surface area contributed by atoms with Gasteiger partial charge >= 0.3 is 0 Å². The molecule has 1 N–H and O–H groups in total. The van der Waals surface area contributed by atoms with Crippen LogP contribution >= 0.6 is 0 Å². The monoisotopic (exact) mass is 247 g/mol. The summed E-state index contributed by atoms with van der Waals surface area (Å²) in [6.07, 6.45) is 1.40. The second-order valence-corrected chi connectivity index (χ2v) is 3.55. The van der Waals surface area contributed by atoms with Gasteiger partial charge in [0.25, 0.3) is 5.56 Å². The second kappa shape index (κ2) is 5.22. The maximum Gasteiger partial charge on any atom is 0.267 e. The van der Waals surface area contributed by atoms with Crippen LogP contribution in [0.25, 0.3) is 0 Å². The molecule has 0 saturated carbocycles. The number of halogens is 1. The van der Waals surface area contributed by atoms with Crippen LogP contribution in [0.15, 0.2) is 47.4 Å². The van der Waals surface area contributed by atoms with Crippen LogP contribution in [-0.2, 0) is 11.3 Å². The highest BCUT2D eigenvalue weighted by molar-refractivity contribution is 5.90. The van der Waals surface area contributed by atoms with Gasteiger partial charge in [-0.3, -0.25) is 9.59 Å². The SMILES string of the molecule is O=C(Cn1ncccc1=O)Nc1ccccc1F. The number of nitrogens with zero attached hydrogens (tertiary/aromatic N) is 2. The van der Waals surface area contributed by atoms with Crippen LogP contribution in [0.3, 0.4) is 0 Å². The molecule has 6 heteroatoms. The van der Waals surface area contributed by atoms with Gasteiger partial charge in [-0.1, -0.05) is 12.1 Å². The van der Waals surface area contributed by atoms with E-state index in [0.29, 0.717) is 0 Å². The maximum atomic E-state index is 13.3. The lowest BCUT2D eigenvalue weighted by Gasteiger charge is -2.06. The standard InChI is InChI=1S/C12H10FN3O2/c13-9-4-1-2-5-10(9)15-11(17)8-16-12(18)6-3-7-14-16/h1-7H,8H2,(H,15,17). The van der Waals surface area contributed by atoms with E-state index in [1.54, 1.807) is 6.07 Å². The molecule has 18 heavy (non-hydrogen) atoms. The topological polar surface area (TPSA) is 64.0 Å². The van der Waals surface area contributed by atoms with Crippen LogP contribution in [0.4, 0.5) is 10.1 Å². The van der Waals surface area contributed by atoms with Gasteiger partial charge in [0.05, 0.1) is 5.69 Å². The molecular formula is C12H10FN3O2. The summed E-state index contributed by atoms with van der Waals surface area (Å²) in [6, 6.07) is 8.58. The number of nitrogens with one attached hydrogen (secondary N) is 1. The molecule has 92 valence electrons. The first-order chi connectivity index (χ1) is 8.66. The van der Waals surface area contributed by atoms with Crippen molar-refractivity contribution in [2.75, 3.05) is 5.32 Å². The Morgan fingerprint density at radius 2 is 2.06 bits per heavy atom. The molecular weight excluding hydrogens is 237 g/mol. The summed E-state index contributed by atoms with van der Waals surface area (Å²) in [4.78, 5) is 22.9. The molecule has 1 aromatic heterocycles. The molecule has 0 aliphatic carbocycles. The van der Waals surface area contributed by atoms with E-state index in [4.69, 9.17) is 0 Å². The van der Waals surface area contributed by atoms with Crippen molar-refractivity contribution in [3.63, 3.8) is 0 Å². The lowest BCUT2D eigenvalue weighted by molar-refractivity contribution is -0.117. The van der Waals surface area contributed by atoms with E-state index in [1.165, 1.54) is 36.5 Å². The van der Waals surface area contributed by atoms with Crippen molar-refractivity contribution >= 4 is 11.6 Å². The quantitative estimate of drug-likeness (QED) is 0.880. The van der Waals surface area contributed by atoms with Crippen LogP contribution in [0.1, 0.15) is 0 Å². The van der Waals surface area contributed by atoms with Crippen LogP contribution in [0, 0.1) is 5.82 Å². The summed E-state index contributed by atoms with van der Waals surface area (Å²) in [6.45, 7) is -0.256. The molecule has 0 bridgehead atoms. The molecule has 0 aliphatic heterocycles. The number of benzene rings is 1. The van der Waals surface area contributed by atoms with Gasteiger partial charge in [-0.25, -0.2) is 9.07 Å². The van der Waals surface area contributed by atoms with Crippen molar-refractivity contribution in [2.24, 2.45) is 0 Å². The molecule has 1 aromatic carbocycles. The first kappa shape index (κ1) is 12.0. The third kappa shape index (κ3) is 2.79. The van der Waals surface area contributed by atoms with Crippen molar-refractivity contribution in [3.05, 3.63) is 58.8 Å². The Kier molecular flexibility index (Phi) is 3.47. The minimum Gasteiger partial charge on any atom is -0.322 e. The number of carbonyl (C=O) groups is 1. The zero-order valence-electron chi connectivity index (χ0n) is 9.34. The summed E-state index contributed by atoms with van der Waals surface area (Å²) in [5.74, 6) is -1.04. The van der Waals surface area contributed by atoms with Crippen molar-refractivity contribution in [1.82, 2.24) is 9.78 Å². The highest BCUT2D eigenvalue weighted by atomic mass is 19.1. The van der Waals surface area contributed by atoms with E-state index >= 15 is 0 Å². The van der Waals surface area contributed by atoms with Crippen molar-refractivity contribution in [1.29, 1.82) is 0 Å². The van der Waals surface area contributed by atoms with Gasteiger partial charge in [-0.05, 0) is 18.2 Å². The number of hydrogen-bond donors (Lipinski definition) is 1. The second-order valence-electron chi connectivity index (χ2n) is 3.55. The minimum atomic E-state index is -0.529. The molecule has 2 aromatic rings. The van der Waals surface area contributed by atoms with Crippen LogP contribution in [0.5, 0.6) is 0 Å². The summed E-state index contributed by atoms with van der Waals surface area (Å²) >= 11 is 0. The van der Waals surface area contributed by atoms with Gasteiger partial charge in [0, 0.05) is 12.3 Å². The van der Waals surface area contributed by atoms with Crippen molar-refractivity contribution in [2.45, 2.75) is 6.54 Å². The first-order valence-corrected chi connectivity index (χ1v) is 5.23. The van der Waals surface area contributed by atoms with E-state index in [1.807, 2.05) is 0 Å². The molecule has 0 fully saturated rings. The van der Waals surface area contributed by atoms with E-state index in [0.717, 1.165) is 4.68 Å². The third-order valence-electron chi connectivity index (χ3n) is 2.23. The van der Waals surface area contributed by atoms with Crippen LogP contribution in [-0.4, -0.2) is 15.7 Å². The van der Waals surface area contributed by atoms with Crippen LogP contribution < -0.4 is 10.9 Å². The number of aromatic nitrogens is 2. The Bertz CT molecular complexity index is 624. The average Bonchev–Trinajstić information content (AvgIpc) is 2.35. The largest absolute Gasteiger partial charge is 0.322 e. The predicted octanol–water partition coefficient (Wildman–Crippen LogP) is 1.02. The molecule has 5 nitrogen and oxygen atoms in total. The number of para-hydroxylation sites is 1. The number of hydrogen-bond acceptors (Lipinski definition) is 3. The average molecular weight is 247 g/mol. The lowest BCUT2D eigenvalue weighted by atomic mass is 10.3. The molecule has 0 radical (unpaired) electrons. The first-order valence-electron chi connectivity index (χ1n) is 5.23. The number of anilines is 1. The molecule has 0 unspecified atom stereocenters. The minimum absolute atomic E-state index is 0.0754. The zero-order valence-corrected chi connectivity index (χ0v) is 9.34. The Morgan fingerprint density at radius 3 is 2.78 bits per heavy atom. The van der Waals surface area contributed by atoms with Gasteiger partial charge in [0.2, 0.25) is 5.91 Å².